The van der Waals surface area contributed by atoms with E-state index in [0.29, 0.717) is 0 Å². The van der Waals surface area contributed by atoms with E-state index in [1.54, 1.807) is 0 Å². The molecule has 1 rings (SSSR count). The molecule has 0 saturated heterocycles. The van der Waals surface area contributed by atoms with E-state index in [2.05, 4.69) is 61.1 Å². The molecule has 0 radical (unpaired) electrons. The normalized spacial score (nSPS) is 11.6. The zero-order valence-corrected chi connectivity index (χ0v) is 11.9. The lowest BCUT2D eigenvalue weighted by molar-refractivity contribution is 0.772. The van der Waals surface area contributed by atoms with Crippen LogP contribution in [0, 0.1) is 12.3 Å². The predicted octanol–water partition coefficient (Wildman–Crippen LogP) is 3.89. The maximum Gasteiger partial charge on any atom is 0.103 e. The number of hydrogen-bond acceptors (Lipinski definition) is 0. The van der Waals surface area contributed by atoms with Gasteiger partial charge in [-0.2, -0.15) is 0 Å². The molecule has 0 saturated carbocycles. The minimum absolute atomic E-state index is 0.910. The van der Waals surface area contributed by atoms with Gasteiger partial charge in [-0.3, -0.25) is 0 Å². The van der Waals surface area contributed by atoms with Gasteiger partial charge < -0.3 is 0 Å². The first-order chi connectivity index (χ1) is 8.17. The van der Waals surface area contributed by atoms with Crippen molar-refractivity contribution in [1.82, 2.24) is 0 Å². The van der Waals surface area contributed by atoms with E-state index in [4.69, 9.17) is 6.42 Å². The summed E-state index contributed by atoms with van der Waals surface area (Å²) in [5.41, 5.74) is 2.44. The third-order valence-corrected chi connectivity index (χ3v) is 5.88. The fourth-order valence-electron chi connectivity index (χ4n) is 1.83. The molecule has 0 unspecified atom stereocenters. The average Bonchev–Trinajstić information content (AvgIpc) is 2.35. The molecule has 0 nitrogen and oxygen atoms in total. The topological polar surface area (TPSA) is 0 Å². The second kappa shape index (κ2) is 7.14. The summed E-state index contributed by atoms with van der Waals surface area (Å²) in [5, 5.41) is 1.50. The third kappa shape index (κ3) is 5.06. The van der Waals surface area contributed by atoms with Crippen LogP contribution < -0.4 is 5.19 Å². The van der Waals surface area contributed by atoms with Crippen LogP contribution in [-0.2, 0) is 0 Å². The molecule has 17 heavy (non-hydrogen) atoms. The lowest BCUT2D eigenvalue weighted by Gasteiger charge is -2.18. The second-order valence-electron chi connectivity index (χ2n) is 4.94. The van der Waals surface area contributed by atoms with Gasteiger partial charge in [-0.1, -0.05) is 60.4 Å². The molecule has 0 heterocycles. The first kappa shape index (κ1) is 13.8. The van der Waals surface area contributed by atoms with E-state index in [1.807, 2.05) is 0 Å². The lowest BCUT2D eigenvalue weighted by atomic mass is 10.2. The molecule has 0 aliphatic heterocycles. The Morgan fingerprint density at radius 3 is 2.53 bits per heavy atom. The quantitative estimate of drug-likeness (QED) is 0.403. The first-order valence-electron chi connectivity index (χ1n) is 6.33. The van der Waals surface area contributed by atoms with Crippen LogP contribution in [0.25, 0.3) is 0 Å². The molecule has 0 aliphatic rings. The molecule has 1 heteroatoms. The summed E-state index contributed by atoms with van der Waals surface area (Å²) < 4.78 is 0. The highest BCUT2D eigenvalue weighted by molar-refractivity contribution is 6.93. The fraction of sp³-hybridized carbons (Fsp3) is 0.375. The van der Waals surface area contributed by atoms with E-state index in [9.17, 15) is 0 Å². The van der Waals surface area contributed by atoms with Crippen molar-refractivity contribution in [3.8, 4) is 12.3 Å². The van der Waals surface area contributed by atoms with Gasteiger partial charge in [-0.25, -0.2) is 0 Å². The molecular formula is C16H22Si. The molecule has 0 spiro atoms. The zero-order chi connectivity index (χ0) is 12.6. The van der Waals surface area contributed by atoms with Crippen molar-refractivity contribution in [1.29, 1.82) is 0 Å². The van der Waals surface area contributed by atoms with E-state index in [1.165, 1.54) is 11.6 Å². The second-order valence-corrected chi connectivity index (χ2v) is 9.29. The van der Waals surface area contributed by atoms with Crippen molar-refractivity contribution >= 4 is 13.3 Å². The third-order valence-electron chi connectivity index (χ3n) is 2.99. The molecule has 1 aromatic carbocycles. The maximum absolute atomic E-state index is 5.23. The zero-order valence-electron chi connectivity index (χ0n) is 10.9. The van der Waals surface area contributed by atoms with Crippen molar-refractivity contribution in [2.45, 2.75) is 38.8 Å². The Bertz CT molecular complexity index is 382. The summed E-state index contributed by atoms with van der Waals surface area (Å²) in [7, 11) is -1.37. The predicted molar refractivity (Wildman–Crippen MR) is 80.0 cm³/mol. The van der Waals surface area contributed by atoms with Gasteiger partial charge in [0.15, 0.2) is 0 Å². The van der Waals surface area contributed by atoms with E-state index >= 15 is 0 Å². The van der Waals surface area contributed by atoms with Crippen molar-refractivity contribution < 1.29 is 0 Å². The van der Waals surface area contributed by atoms with Crippen LogP contribution in [-0.4, -0.2) is 8.07 Å². The van der Waals surface area contributed by atoms with Gasteiger partial charge in [0.05, 0.1) is 0 Å². The minimum atomic E-state index is -1.37. The first-order valence-corrected chi connectivity index (χ1v) is 9.41. The van der Waals surface area contributed by atoms with Crippen LogP contribution in [0.2, 0.25) is 13.1 Å². The monoisotopic (exact) mass is 242 g/mol. The van der Waals surface area contributed by atoms with Crippen LogP contribution in [0.15, 0.2) is 42.1 Å². The molecule has 0 N–H and O–H groups in total. The van der Waals surface area contributed by atoms with Gasteiger partial charge >= 0.3 is 0 Å². The van der Waals surface area contributed by atoms with Gasteiger partial charge in [-0.15, -0.1) is 12.3 Å². The van der Waals surface area contributed by atoms with Crippen LogP contribution >= 0.6 is 0 Å². The molecular weight excluding hydrogens is 220 g/mol. The standard InChI is InChI=1S/C16H22Si/c1-4-5-6-7-8-12-15-17(2,3)16-13-10-9-11-14-16/h1,9-15H,5-8H2,2-3H3/b15-12-. The summed E-state index contributed by atoms with van der Waals surface area (Å²) in [6.07, 6.45) is 12.0. The molecule has 0 aromatic heterocycles. The fourth-order valence-corrected chi connectivity index (χ4v) is 3.83. The SMILES string of the molecule is C#CCCCC/C=C\[Si](C)(C)c1ccccc1. The Balaban J connectivity index is 2.44. The summed E-state index contributed by atoms with van der Waals surface area (Å²) in [6.45, 7) is 4.78. The van der Waals surface area contributed by atoms with Crippen LogP contribution in [0.5, 0.6) is 0 Å². The lowest BCUT2D eigenvalue weighted by Crippen LogP contribution is -2.39. The van der Waals surface area contributed by atoms with Crippen molar-refractivity contribution in [2.24, 2.45) is 0 Å². The van der Waals surface area contributed by atoms with Gasteiger partial charge in [0.1, 0.15) is 8.07 Å². The summed E-state index contributed by atoms with van der Waals surface area (Å²) in [6, 6.07) is 10.8. The number of rotatable bonds is 6. The molecule has 0 atom stereocenters. The van der Waals surface area contributed by atoms with Crippen molar-refractivity contribution in [3.05, 3.63) is 42.1 Å². The van der Waals surface area contributed by atoms with Crippen molar-refractivity contribution in [2.75, 3.05) is 0 Å². The largest absolute Gasteiger partial charge is 0.120 e. The average molecular weight is 242 g/mol. The highest BCUT2D eigenvalue weighted by Gasteiger charge is 2.18. The molecule has 0 aliphatic carbocycles. The van der Waals surface area contributed by atoms with Crippen LogP contribution in [0.4, 0.5) is 0 Å². The smallest absolute Gasteiger partial charge is 0.103 e. The van der Waals surface area contributed by atoms with Crippen molar-refractivity contribution in [3.63, 3.8) is 0 Å². The maximum atomic E-state index is 5.23. The van der Waals surface area contributed by atoms with Gasteiger partial charge in [0.2, 0.25) is 0 Å². The Morgan fingerprint density at radius 2 is 1.88 bits per heavy atom. The molecule has 0 amide bonds. The van der Waals surface area contributed by atoms with Crippen LogP contribution in [0.3, 0.4) is 0 Å². The molecule has 90 valence electrons. The summed E-state index contributed by atoms with van der Waals surface area (Å²) in [4.78, 5) is 0. The van der Waals surface area contributed by atoms with E-state index in [0.717, 1.165) is 19.3 Å². The minimum Gasteiger partial charge on any atom is -0.120 e. The Hall–Kier alpha value is -1.26. The number of terminal acetylenes is 1. The van der Waals surface area contributed by atoms with Crippen LogP contribution in [0.1, 0.15) is 25.7 Å². The number of benzene rings is 1. The number of hydrogen-bond donors (Lipinski definition) is 0. The molecule has 0 fully saturated rings. The summed E-state index contributed by atoms with van der Waals surface area (Å²) >= 11 is 0. The Labute approximate surface area is 107 Å². The van der Waals surface area contributed by atoms with Gasteiger partial charge in [0, 0.05) is 6.42 Å². The molecule has 0 bridgehead atoms. The Kier molecular flexibility index (Phi) is 5.80. The molecule has 1 aromatic rings. The Morgan fingerprint density at radius 1 is 1.18 bits per heavy atom. The van der Waals surface area contributed by atoms with Gasteiger partial charge in [0.25, 0.3) is 0 Å². The number of unbranched alkanes of at least 4 members (excludes halogenated alkanes) is 3. The number of allylic oxidation sites excluding steroid dienone is 1. The van der Waals surface area contributed by atoms with E-state index in [-0.39, 0.29) is 0 Å². The highest BCUT2D eigenvalue weighted by atomic mass is 28.3. The highest BCUT2D eigenvalue weighted by Crippen LogP contribution is 2.07. The summed E-state index contributed by atoms with van der Waals surface area (Å²) in [5.74, 6) is 2.69. The van der Waals surface area contributed by atoms with E-state index < -0.39 is 8.07 Å². The van der Waals surface area contributed by atoms with Gasteiger partial charge in [-0.05, 0) is 19.3 Å².